The molecule has 1 fully saturated rings. The first-order valence-electron chi connectivity index (χ1n) is 7.85. The fourth-order valence-corrected chi connectivity index (χ4v) is 2.71. The third kappa shape index (κ3) is 3.21. The summed E-state index contributed by atoms with van der Waals surface area (Å²) in [6, 6.07) is 7.65. The van der Waals surface area contributed by atoms with E-state index in [1.165, 1.54) is 0 Å². The van der Waals surface area contributed by atoms with Crippen molar-refractivity contribution in [1.82, 2.24) is 15.5 Å². The smallest absolute Gasteiger partial charge is 0.261 e. The van der Waals surface area contributed by atoms with Crippen LogP contribution in [0.4, 0.5) is 0 Å². The van der Waals surface area contributed by atoms with Gasteiger partial charge in [0.2, 0.25) is 5.89 Å². The monoisotopic (exact) mass is 315 g/mol. The molecule has 6 nitrogen and oxygen atoms in total. The van der Waals surface area contributed by atoms with Crippen molar-refractivity contribution < 1.29 is 14.1 Å². The number of amides is 1. The van der Waals surface area contributed by atoms with Crippen LogP contribution < -0.4 is 10.1 Å². The summed E-state index contributed by atoms with van der Waals surface area (Å²) < 4.78 is 10.8. The number of rotatable bonds is 5. The summed E-state index contributed by atoms with van der Waals surface area (Å²) >= 11 is 0. The fourth-order valence-electron chi connectivity index (χ4n) is 2.71. The molecule has 6 heteroatoms. The molecule has 1 aliphatic rings. The van der Waals surface area contributed by atoms with Gasteiger partial charge >= 0.3 is 0 Å². The topological polar surface area (TPSA) is 77.2 Å². The SMILES string of the molecule is Cc1cccc(OC(C)C(=O)NC2(c3noc(C)n3)CCC2)c1. The van der Waals surface area contributed by atoms with Gasteiger partial charge in [-0.2, -0.15) is 4.98 Å². The van der Waals surface area contributed by atoms with Gasteiger partial charge in [-0.3, -0.25) is 4.79 Å². The lowest BCUT2D eigenvalue weighted by atomic mass is 9.76. The van der Waals surface area contributed by atoms with Gasteiger partial charge in [-0.15, -0.1) is 0 Å². The Morgan fingerprint density at radius 1 is 1.39 bits per heavy atom. The predicted octanol–water partition coefficient (Wildman–Crippen LogP) is 2.65. The van der Waals surface area contributed by atoms with E-state index in [0.29, 0.717) is 17.5 Å². The Morgan fingerprint density at radius 3 is 2.74 bits per heavy atom. The highest BCUT2D eigenvalue weighted by Crippen LogP contribution is 2.39. The van der Waals surface area contributed by atoms with Crippen molar-refractivity contribution in [1.29, 1.82) is 0 Å². The molecule has 1 unspecified atom stereocenters. The van der Waals surface area contributed by atoms with Crippen LogP contribution in [0.2, 0.25) is 0 Å². The Bertz CT molecular complexity index is 707. The second-order valence-electron chi connectivity index (χ2n) is 6.14. The number of carbonyl (C=O) groups excluding carboxylic acids is 1. The van der Waals surface area contributed by atoms with Crippen molar-refractivity contribution in [3.8, 4) is 5.75 Å². The molecule has 122 valence electrons. The van der Waals surface area contributed by atoms with Gasteiger partial charge < -0.3 is 14.6 Å². The maximum atomic E-state index is 12.5. The molecule has 1 amide bonds. The third-order valence-corrected chi connectivity index (χ3v) is 4.20. The zero-order valence-corrected chi connectivity index (χ0v) is 13.6. The van der Waals surface area contributed by atoms with E-state index >= 15 is 0 Å². The summed E-state index contributed by atoms with van der Waals surface area (Å²) in [5.74, 6) is 1.57. The van der Waals surface area contributed by atoms with E-state index in [1.807, 2.05) is 31.2 Å². The highest BCUT2D eigenvalue weighted by atomic mass is 16.5. The van der Waals surface area contributed by atoms with Crippen LogP contribution in [0.5, 0.6) is 5.75 Å². The van der Waals surface area contributed by atoms with Crippen LogP contribution in [-0.4, -0.2) is 22.2 Å². The average molecular weight is 315 g/mol. The second-order valence-corrected chi connectivity index (χ2v) is 6.14. The second kappa shape index (κ2) is 6.02. The van der Waals surface area contributed by atoms with Crippen molar-refractivity contribution in [3.63, 3.8) is 0 Å². The molecule has 3 rings (SSSR count). The zero-order valence-electron chi connectivity index (χ0n) is 13.6. The normalized spacial score (nSPS) is 17.2. The summed E-state index contributed by atoms with van der Waals surface area (Å²) in [4.78, 5) is 16.8. The van der Waals surface area contributed by atoms with E-state index < -0.39 is 11.6 Å². The van der Waals surface area contributed by atoms with Crippen LogP contribution in [0.1, 0.15) is 43.5 Å². The Morgan fingerprint density at radius 2 is 2.17 bits per heavy atom. The maximum absolute atomic E-state index is 12.5. The average Bonchev–Trinajstić information content (AvgIpc) is 2.89. The van der Waals surface area contributed by atoms with E-state index in [0.717, 1.165) is 24.8 Å². The minimum absolute atomic E-state index is 0.173. The molecule has 2 aromatic rings. The maximum Gasteiger partial charge on any atom is 0.261 e. The first-order valence-corrected chi connectivity index (χ1v) is 7.85. The number of hydrogen-bond donors (Lipinski definition) is 1. The molecule has 0 aliphatic heterocycles. The molecule has 1 aromatic carbocycles. The summed E-state index contributed by atoms with van der Waals surface area (Å²) in [6.07, 6.45) is 2.06. The summed E-state index contributed by atoms with van der Waals surface area (Å²) in [5.41, 5.74) is 0.576. The quantitative estimate of drug-likeness (QED) is 0.918. The summed E-state index contributed by atoms with van der Waals surface area (Å²) in [7, 11) is 0. The molecule has 1 atom stereocenters. The predicted molar refractivity (Wildman–Crippen MR) is 84.0 cm³/mol. The van der Waals surface area contributed by atoms with Crippen molar-refractivity contribution in [3.05, 3.63) is 41.5 Å². The minimum atomic E-state index is -0.595. The van der Waals surface area contributed by atoms with Crippen molar-refractivity contribution in [2.24, 2.45) is 0 Å². The van der Waals surface area contributed by atoms with Crippen molar-refractivity contribution >= 4 is 5.91 Å². The van der Waals surface area contributed by atoms with Gasteiger partial charge in [0.25, 0.3) is 5.91 Å². The largest absolute Gasteiger partial charge is 0.481 e. The Hall–Kier alpha value is -2.37. The number of aryl methyl sites for hydroxylation is 2. The zero-order chi connectivity index (χ0) is 16.4. The number of benzene rings is 1. The number of carbonyl (C=O) groups is 1. The Labute approximate surface area is 135 Å². The first kappa shape index (κ1) is 15.5. The Kier molecular flexibility index (Phi) is 4.07. The van der Waals surface area contributed by atoms with Crippen LogP contribution >= 0.6 is 0 Å². The molecule has 0 radical (unpaired) electrons. The van der Waals surface area contributed by atoms with Crippen molar-refractivity contribution in [2.75, 3.05) is 0 Å². The molecule has 1 aromatic heterocycles. The molecule has 1 saturated carbocycles. The number of nitrogens with one attached hydrogen (secondary N) is 1. The third-order valence-electron chi connectivity index (χ3n) is 4.20. The van der Waals surface area contributed by atoms with Gasteiger partial charge in [-0.25, -0.2) is 0 Å². The lowest BCUT2D eigenvalue weighted by Crippen LogP contribution is -2.54. The molecule has 23 heavy (non-hydrogen) atoms. The molecule has 1 aliphatic carbocycles. The number of ether oxygens (including phenoxy) is 1. The lowest BCUT2D eigenvalue weighted by molar-refractivity contribution is -0.130. The molecule has 1 heterocycles. The molecule has 0 bridgehead atoms. The van der Waals surface area contributed by atoms with E-state index in [9.17, 15) is 4.79 Å². The van der Waals surface area contributed by atoms with Gasteiger partial charge in [0.15, 0.2) is 11.9 Å². The molecular weight excluding hydrogens is 294 g/mol. The molecule has 0 saturated heterocycles. The first-order chi connectivity index (χ1) is 11.0. The molecular formula is C17H21N3O3. The van der Waals surface area contributed by atoms with Crippen LogP contribution in [0.25, 0.3) is 0 Å². The Balaban J connectivity index is 1.68. The summed E-state index contributed by atoms with van der Waals surface area (Å²) in [5, 5.41) is 7.02. The van der Waals surface area contributed by atoms with E-state index in [1.54, 1.807) is 13.8 Å². The van der Waals surface area contributed by atoms with Gasteiger partial charge in [-0.1, -0.05) is 17.3 Å². The van der Waals surface area contributed by atoms with Crippen LogP contribution in [0.15, 0.2) is 28.8 Å². The van der Waals surface area contributed by atoms with Crippen LogP contribution in [-0.2, 0) is 10.3 Å². The molecule has 1 N–H and O–H groups in total. The highest BCUT2D eigenvalue weighted by Gasteiger charge is 2.44. The van der Waals surface area contributed by atoms with Gasteiger partial charge in [0.1, 0.15) is 11.3 Å². The van der Waals surface area contributed by atoms with Gasteiger partial charge in [0.05, 0.1) is 0 Å². The molecule has 0 spiro atoms. The standard InChI is InChI=1S/C17H21N3O3/c1-11-6-4-7-14(10-11)22-12(2)15(21)19-17(8-5-9-17)16-18-13(3)23-20-16/h4,6-7,10,12H,5,8-9H2,1-3H3,(H,19,21). The van der Waals surface area contributed by atoms with Crippen LogP contribution in [0.3, 0.4) is 0 Å². The number of nitrogens with zero attached hydrogens (tertiary/aromatic N) is 2. The van der Waals surface area contributed by atoms with Crippen LogP contribution in [0, 0.1) is 13.8 Å². The number of aromatic nitrogens is 2. The minimum Gasteiger partial charge on any atom is -0.481 e. The fraction of sp³-hybridized carbons (Fsp3) is 0.471. The van der Waals surface area contributed by atoms with Crippen molar-refractivity contribution in [2.45, 2.75) is 51.7 Å². The van der Waals surface area contributed by atoms with E-state index in [2.05, 4.69) is 15.5 Å². The van der Waals surface area contributed by atoms with E-state index in [-0.39, 0.29) is 5.91 Å². The summed E-state index contributed by atoms with van der Waals surface area (Å²) in [6.45, 7) is 5.47. The highest BCUT2D eigenvalue weighted by molar-refractivity contribution is 5.81. The lowest BCUT2D eigenvalue weighted by Gasteiger charge is -2.40. The van der Waals surface area contributed by atoms with E-state index in [4.69, 9.17) is 9.26 Å². The van der Waals surface area contributed by atoms with Gasteiger partial charge in [-0.05, 0) is 50.8 Å². The number of hydrogen-bond acceptors (Lipinski definition) is 5. The van der Waals surface area contributed by atoms with Gasteiger partial charge in [0, 0.05) is 6.92 Å².